The Morgan fingerprint density at radius 1 is 1.17 bits per heavy atom. The first-order valence-electron chi connectivity index (χ1n) is 8.02. The fraction of sp³-hybridized carbons (Fsp3) is 0.556. The maximum atomic E-state index is 11.9. The first kappa shape index (κ1) is 17.3. The van der Waals surface area contributed by atoms with Crippen molar-refractivity contribution in [2.24, 2.45) is 5.92 Å². The fourth-order valence-electron chi connectivity index (χ4n) is 2.50. The van der Waals surface area contributed by atoms with Gasteiger partial charge in [0.1, 0.15) is 5.60 Å². The molecule has 1 amide bonds. The van der Waals surface area contributed by atoms with E-state index in [4.69, 9.17) is 9.47 Å². The molecule has 1 fully saturated rings. The fourth-order valence-corrected chi connectivity index (χ4v) is 2.50. The summed E-state index contributed by atoms with van der Waals surface area (Å²) >= 11 is 0. The molecule has 1 aliphatic heterocycles. The van der Waals surface area contributed by atoms with Crippen molar-refractivity contribution in [2.75, 3.05) is 19.7 Å². The second-order valence-electron chi connectivity index (χ2n) is 6.87. The van der Waals surface area contributed by atoms with Gasteiger partial charge in [-0.2, -0.15) is 0 Å². The summed E-state index contributed by atoms with van der Waals surface area (Å²) < 4.78 is 10.3. The van der Waals surface area contributed by atoms with Gasteiger partial charge in [0.15, 0.2) is 0 Å². The Balaban J connectivity index is 1.79. The Morgan fingerprint density at radius 2 is 1.78 bits per heavy atom. The molecule has 1 aliphatic rings. The van der Waals surface area contributed by atoms with Gasteiger partial charge in [0, 0.05) is 13.1 Å². The van der Waals surface area contributed by atoms with Gasteiger partial charge < -0.3 is 14.4 Å². The van der Waals surface area contributed by atoms with Crippen molar-refractivity contribution in [2.45, 2.75) is 39.7 Å². The maximum absolute atomic E-state index is 11.9. The molecule has 23 heavy (non-hydrogen) atoms. The van der Waals surface area contributed by atoms with Crippen LogP contribution in [0.25, 0.3) is 0 Å². The minimum Gasteiger partial charge on any atom is -0.462 e. The van der Waals surface area contributed by atoms with E-state index in [9.17, 15) is 9.59 Å². The Kier molecular flexibility index (Phi) is 5.29. The lowest BCUT2D eigenvalue weighted by Crippen LogP contribution is -2.52. The smallest absolute Gasteiger partial charge is 0.410 e. The van der Waals surface area contributed by atoms with Crippen molar-refractivity contribution >= 4 is 12.1 Å². The molecule has 126 valence electrons. The highest BCUT2D eigenvalue weighted by Crippen LogP contribution is 2.23. The third-order valence-corrected chi connectivity index (χ3v) is 3.60. The van der Waals surface area contributed by atoms with Gasteiger partial charge in [-0.05, 0) is 57.7 Å². The molecule has 0 aliphatic carbocycles. The van der Waals surface area contributed by atoms with Crippen LogP contribution in [0.1, 0.15) is 43.6 Å². The first-order valence-corrected chi connectivity index (χ1v) is 8.02. The van der Waals surface area contributed by atoms with Crippen molar-refractivity contribution < 1.29 is 19.1 Å². The first-order chi connectivity index (χ1) is 10.8. The van der Waals surface area contributed by atoms with Crippen LogP contribution in [0.2, 0.25) is 0 Å². The molecule has 2 rings (SSSR count). The summed E-state index contributed by atoms with van der Waals surface area (Å²) in [5.41, 5.74) is 1.27. The number of rotatable bonds is 4. The topological polar surface area (TPSA) is 55.8 Å². The molecule has 5 heteroatoms. The molecule has 0 spiro atoms. The van der Waals surface area contributed by atoms with E-state index in [1.807, 2.05) is 32.9 Å². The van der Waals surface area contributed by atoms with Crippen molar-refractivity contribution in [3.8, 4) is 0 Å². The number of carbonyl (C=O) groups excluding carboxylic acids is 2. The van der Waals surface area contributed by atoms with E-state index in [0.717, 1.165) is 12.0 Å². The molecule has 0 aromatic heterocycles. The number of carbonyl (C=O) groups is 2. The number of amides is 1. The Hall–Kier alpha value is -2.04. The van der Waals surface area contributed by atoms with Crippen LogP contribution in [0, 0.1) is 5.92 Å². The summed E-state index contributed by atoms with van der Waals surface area (Å²) in [4.78, 5) is 25.2. The van der Waals surface area contributed by atoms with Crippen LogP contribution in [-0.2, 0) is 15.9 Å². The van der Waals surface area contributed by atoms with Crippen molar-refractivity contribution in [3.63, 3.8) is 0 Å². The SMILES string of the molecule is CCOC(=O)c1ccc(CC2CN(C(=O)OC(C)(C)C)C2)cc1. The number of likely N-dealkylation sites (tertiary alicyclic amines) is 1. The van der Waals surface area contributed by atoms with E-state index in [1.165, 1.54) is 0 Å². The van der Waals surface area contributed by atoms with Crippen LogP contribution >= 0.6 is 0 Å². The number of hydrogen-bond donors (Lipinski definition) is 0. The number of benzene rings is 1. The molecule has 0 unspecified atom stereocenters. The van der Waals surface area contributed by atoms with E-state index < -0.39 is 5.60 Å². The van der Waals surface area contributed by atoms with Crippen LogP contribution in [0.5, 0.6) is 0 Å². The van der Waals surface area contributed by atoms with E-state index in [2.05, 4.69) is 0 Å². The maximum Gasteiger partial charge on any atom is 0.410 e. The summed E-state index contributed by atoms with van der Waals surface area (Å²) in [5.74, 6) is 0.148. The Bertz CT molecular complexity index is 553. The monoisotopic (exact) mass is 319 g/mol. The van der Waals surface area contributed by atoms with Crippen molar-refractivity contribution in [1.82, 2.24) is 4.90 Å². The molecule has 0 saturated carbocycles. The molecule has 1 heterocycles. The molecule has 1 saturated heterocycles. The minimum absolute atomic E-state index is 0.244. The van der Waals surface area contributed by atoms with Crippen LogP contribution in [0.15, 0.2) is 24.3 Å². The molecular weight excluding hydrogens is 294 g/mol. The molecule has 0 N–H and O–H groups in total. The predicted molar refractivity (Wildman–Crippen MR) is 87.4 cm³/mol. The van der Waals surface area contributed by atoms with E-state index >= 15 is 0 Å². The Labute approximate surface area is 137 Å². The summed E-state index contributed by atoms with van der Waals surface area (Å²) in [7, 11) is 0. The third-order valence-electron chi connectivity index (χ3n) is 3.60. The normalized spacial score (nSPS) is 15.0. The lowest BCUT2D eigenvalue weighted by Gasteiger charge is -2.39. The summed E-state index contributed by atoms with van der Waals surface area (Å²) in [6.45, 7) is 9.21. The van der Waals surface area contributed by atoms with Crippen LogP contribution in [0.3, 0.4) is 0 Å². The van der Waals surface area contributed by atoms with Crippen molar-refractivity contribution in [3.05, 3.63) is 35.4 Å². The van der Waals surface area contributed by atoms with Crippen LogP contribution in [0.4, 0.5) is 4.79 Å². The van der Waals surface area contributed by atoms with E-state index in [-0.39, 0.29) is 12.1 Å². The number of hydrogen-bond acceptors (Lipinski definition) is 4. The zero-order chi connectivity index (χ0) is 17.0. The zero-order valence-electron chi connectivity index (χ0n) is 14.3. The van der Waals surface area contributed by atoms with Gasteiger partial charge in [0.05, 0.1) is 12.2 Å². The van der Waals surface area contributed by atoms with Gasteiger partial charge in [-0.1, -0.05) is 12.1 Å². The van der Waals surface area contributed by atoms with Gasteiger partial charge >= 0.3 is 12.1 Å². The lowest BCUT2D eigenvalue weighted by molar-refractivity contribution is -0.000899. The van der Waals surface area contributed by atoms with Gasteiger partial charge in [0.25, 0.3) is 0 Å². The second kappa shape index (κ2) is 7.02. The predicted octanol–water partition coefficient (Wildman–Crippen LogP) is 3.27. The van der Waals surface area contributed by atoms with Gasteiger partial charge in [0.2, 0.25) is 0 Å². The number of nitrogens with zero attached hydrogens (tertiary/aromatic N) is 1. The number of esters is 1. The molecular formula is C18H25NO4. The quantitative estimate of drug-likeness (QED) is 0.799. The molecule has 1 aromatic carbocycles. The van der Waals surface area contributed by atoms with Crippen LogP contribution < -0.4 is 0 Å². The van der Waals surface area contributed by atoms with Gasteiger partial charge in [-0.15, -0.1) is 0 Å². The summed E-state index contributed by atoms with van der Waals surface area (Å²) in [5, 5.41) is 0. The highest BCUT2D eigenvalue weighted by molar-refractivity contribution is 5.89. The largest absolute Gasteiger partial charge is 0.462 e. The minimum atomic E-state index is -0.453. The number of ether oxygens (including phenoxy) is 2. The second-order valence-corrected chi connectivity index (χ2v) is 6.87. The van der Waals surface area contributed by atoms with Gasteiger partial charge in [-0.3, -0.25) is 0 Å². The third kappa shape index (κ3) is 4.98. The van der Waals surface area contributed by atoms with Crippen molar-refractivity contribution in [1.29, 1.82) is 0 Å². The summed E-state index contributed by atoms with van der Waals surface area (Å²) in [6, 6.07) is 7.47. The van der Waals surface area contributed by atoms with E-state index in [0.29, 0.717) is 31.2 Å². The highest BCUT2D eigenvalue weighted by atomic mass is 16.6. The van der Waals surface area contributed by atoms with Gasteiger partial charge in [-0.25, -0.2) is 9.59 Å². The average molecular weight is 319 g/mol. The van der Waals surface area contributed by atoms with Crippen LogP contribution in [-0.4, -0.2) is 42.3 Å². The average Bonchev–Trinajstić information content (AvgIpc) is 2.41. The Morgan fingerprint density at radius 3 is 2.30 bits per heavy atom. The molecule has 1 aromatic rings. The summed E-state index contributed by atoms with van der Waals surface area (Å²) in [6.07, 6.45) is 0.647. The lowest BCUT2D eigenvalue weighted by atomic mass is 9.92. The molecule has 5 nitrogen and oxygen atoms in total. The molecule has 0 radical (unpaired) electrons. The highest BCUT2D eigenvalue weighted by Gasteiger charge is 2.33. The molecule has 0 atom stereocenters. The van der Waals surface area contributed by atoms with E-state index in [1.54, 1.807) is 24.0 Å². The molecule has 0 bridgehead atoms. The standard InChI is InChI=1S/C18H25NO4/c1-5-22-16(20)15-8-6-13(7-9-15)10-14-11-19(12-14)17(21)23-18(2,3)4/h6-9,14H,5,10-12H2,1-4H3. The zero-order valence-corrected chi connectivity index (χ0v) is 14.3.